The number of fused-ring (bicyclic) bond motifs is 1. The maximum absolute atomic E-state index is 12.7. The molecule has 11 heteroatoms. The summed E-state index contributed by atoms with van der Waals surface area (Å²) in [6.45, 7) is 4.36. The second-order valence-corrected chi connectivity index (χ2v) is 9.04. The standard InChI is InChI=1S/C24H24N6O4S/c1-13(2)14-4-7-16(8-5-14)26-19(31)11-30-21(25)20(24(28-30)35-3)23-27-22(29-34-23)15-6-9-17-18(10-15)33-12-32-17/h4-10,13H,11-12,25H2,1-3H3,(H,26,31). The number of thioether (sulfide) groups is 1. The van der Waals surface area contributed by atoms with E-state index in [-0.39, 0.29) is 31.0 Å². The Morgan fingerprint density at radius 1 is 1.17 bits per heavy atom. The summed E-state index contributed by atoms with van der Waals surface area (Å²) in [5.41, 5.74) is 9.49. The number of nitrogens with one attached hydrogen (secondary N) is 1. The van der Waals surface area contributed by atoms with Gasteiger partial charge in [0, 0.05) is 11.3 Å². The highest BCUT2D eigenvalue weighted by atomic mass is 32.2. The second kappa shape index (κ2) is 9.34. The van der Waals surface area contributed by atoms with Gasteiger partial charge in [-0.3, -0.25) is 4.79 Å². The van der Waals surface area contributed by atoms with E-state index < -0.39 is 0 Å². The minimum atomic E-state index is -0.248. The number of hydrogen-bond acceptors (Lipinski definition) is 9. The average Bonchev–Trinajstić information content (AvgIpc) is 3.58. The topological polar surface area (TPSA) is 130 Å². The van der Waals surface area contributed by atoms with Crippen molar-refractivity contribution in [3.8, 4) is 34.3 Å². The quantitative estimate of drug-likeness (QED) is 0.361. The largest absolute Gasteiger partial charge is 0.454 e. The molecule has 5 rings (SSSR count). The average molecular weight is 493 g/mol. The molecule has 0 unspecified atom stereocenters. The van der Waals surface area contributed by atoms with Gasteiger partial charge >= 0.3 is 0 Å². The van der Waals surface area contributed by atoms with Crippen LogP contribution in [0.2, 0.25) is 0 Å². The fourth-order valence-corrected chi connectivity index (χ4v) is 4.26. The number of rotatable bonds is 7. The van der Waals surface area contributed by atoms with Crippen LogP contribution in [0.25, 0.3) is 22.8 Å². The first-order valence-electron chi connectivity index (χ1n) is 11.0. The molecule has 180 valence electrons. The van der Waals surface area contributed by atoms with Crippen molar-refractivity contribution in [1.29, 1.82) is 0 Å². The van der Waals surface area contributed by atoms with Crippen molar-refractivity contribution < 1.29 is 18.8 Å². The van der Waals surface area contributed by atoms with Crippen LogP contribution in [0, 0.1) is 0 Å². The predicted octanol–water partition coefficient (Wildman–Crippen LogP) is 4.40. The van der Waals surface area contributed by atoms with Crippen LogP contribution in [-0.2, 0) is 11.3 Å². The van der Waals surface area contributed by atoms with Gasteiger partial charge < -0.3 is 25.0 Å². The monoisotopic (exact) mass is 492 g/mol. The van der Waals surface area contributed by atoms with Gasteiger partial charge in [-0.25, -0.2) is 4.68 Å². The van der Waals surface area contributed by atoms with Crippen molar-refractivity contribution in [3.63, 3.8) is 0 Å². The third-order valence-electron chi connectivity index (χ3n) is 5.58. The molecule has 0 saturated heterocycles. The van der Waals surface area contributed by atoms with Crippen LogP contribution in [0.1, 0.15) is 25.3 Å². The molecule has 4 aromatic rings. The maximum Gasteiger partial charge on any atom is 0.264 e. The zero-order chi connectivity index (χ0) is 24.5. The van der Waals surface area contributed by atoms with Gasteiger partial charge in [0.05, 0.1) is 0 Å². The molecule has 0 atom stereocenters. The summed E-state index contributed by atoms with van der Waals surface area (Å²) >= 11 is 1.37. The highest BCUT2D eigenvalue weighted by molar-refractivity contribution is 7.98. The molecule has 10 nitrogen and oxygen atoms in total. The molecule has 35 heavy (non-hydrogen) atoms. The molecule has 0 saturated carbocycles. The summed E-state index contributed by atoms with van der Waals surface area (Å²) in [7, 11) is 0. The van der Waals surface area contributed by atoms with Crippen LogP contribution in [0.4, 0.5) is 11.5 Å². The molecule has 0 spiro atoms. The van der Waals surface area contributed by atoms with Crippen LogP contribution < -0.4 is 20.5 Å². The fourth-order valence-electron chi connectivity index (χ4n) is 3.68. The van der Waals surface area contributed by atoms with Gasteiger partial charge in [-0.05, 0) is 48.1 Å². The molecule has 0 aliphatic carbocycles. The molecular weight excluding hydrogens is 468 g/mol. The van der Waals surface area contributed by atoms with E-state index in [9.17, 15) is 4.79 Å². The zero-order valence-electron chi connectivity index (χ0n) is 19.4. The summed E-state index contributed by atoms with van der Waals surface area (Å²) < 4.78 is 17.7. The van der Waals surface area contributed by atoms with Crippen LogP contribution in [0.3, 0.4) is 0 Å². The maximum atomic E-state index is 12.7. The smallest absolute Gasteiger partial charge is 0.264 e. The summed E-state index contributed by atoms with van der Waals surface area (Å²) in [4.78, 5) is 17.2. The number of nitrogens with two attached hydrogens (primary N) is 1. The normalized spacial score (nSPS) is 12.3. The number of nitrogens with zero attached hydrogens (tertiary/aromatic N) is 4. The SMILES string of the molecule is CSc1nn(CC(=O)Nc2ccc(C(C)C)cc2)c(N)c1-c1nc(-c2ccc3c(c2)OCO3)no1. The van der Waals surface area contributed by atoms with E-state index >= 15 is 0 Å². The number of anilines is 2. The van der Waals surface area contributed by atoms with E-state index in [1.165, 1.54) is 22.0 Å². The Morgan fingerprint density at radius 2 is 1.94 bits per heavy atom. The number of amides is 1. The van der Waals surface area contributed by atoms with Gasteiger partial charge in [-0.15, -0.1) is 11.8 Å². The Morgan fingerprint density at radius 3 is 2.69 bits per heavy atom. The number of aromatic nitrogens is 4. The van der Waals surface area contributed by atoms with E-state index in [1.807, 2.05) is 36.6 Å². The lowest BCUT2D eigenvalue weighted by molar-refractivity contribution is -0.116. The first kappa shape index (κ1) is 22.8. The van der Waals surface area contributed by atoms with E-state index in [0.717, 1.165) is 0 Å². The molecule has 3 N–H and O–H groups in total. The van der Waals surface area contributed by atoms with Crippen molar-refractivity contribution in [3.05, 3.63) is 48.0 Å². The van der Waals surface area contributed by atoms with Gasteiger partial charge in [0.2, 0.25) is 18.5 Å². The van der Waals surface area contributed by atoms with Crippen molar-refractivity contribution in [2.24, 2.45) is 0 Å². The van der Waals surface area contributed by atoms with E-state index in [0.29, 0.717) is 45.1 Å². The molecule has 1 amide bonds. The third kappa shape index (κ3) is 4.54. The van der Waals surface area contributed by atoms with Crippen LogP contribution >= 0.6 is 11.8 Å². The third-order valence-corrected chi connectivity index (χ3v) is 6.25. The van der Waals surface area contributed by atoms with Crippen molar-refractivity contribution in [2.45, 2.75) is 31.3 Å². The highest BCUT2D eigenvalue weighted by Gasteiger charge is 2.24. The lowest BCUT2D eigenvalue weighted by Crippen LogP contribution is -2.20. The first-order chi connectivity index (χ1) is 16.9. The Bertz CT molecular complexity index is 1380. The van der Waals surface area contributed by atoms with E-state index in [4.69, 9.17) is 19.7 Å². The van der Waals surface area contributed by atoms with Crippen LogP contribution in [0.15, 0.2) is 52.0 Å². The number of ether oxygens (including phenoxy) is 2. The molecule has 3 heterocycles. The summed E-state index contributed by atoms with van der Waals surface area (Å²) in [6, 6.07) is 13.2. The Balaban J connectivity index is 1.35. The Kier molecular flexibility index (Phi) is 6.08. The number of carbonyl (C=O) groups excluding carboxylic acids is 1. The Hall–Kier alpha value is -3.99. The summed E-state index contributed by atoms with van der Waals surface area (Å²) in [6.07, 6.45) is 1.86. The van der Waals surface area contributed by atoms with Gasteiger partial charge in [-0.1, -0.05) is 31.1 Å². The number of carbonyl (C=O) groups is 1. The van der Waals surface area contributed by atoms with Gasteiger partial charge in [-0.2, -0.15) is 10.1 Å². The van der Waals surface area contributed by atoms with Gasteiger partial charge in [0.15, 0.2) is 11.5 Å². The minimum absolute atomic E-state index is 0.0610. The predicted molar refractivity (Wildman–Crippen MR) is 132 cm³/mol. The van der Waals surface area contributed by atoms with Gasteiger partial charge in [0.1, 0.15) is 23.0 Å². The van der Waals surface area contributed by atoms with E-state index in [2.05, 4.69) is 34.4 Å². The fraction of sp³-hybridized carbons (Fsp3) is 0.250. The lowest BCUT2D eigenvalue weighted by Gasteiger charge is -2.09. The highest BCUT2D eigenvalue weighted by Crippen LogP contribution is 2.37. The second-order valence-electron chi connectivity index (χ2n) is 8.24. The van der Waals surface area contributed by atoms with Gasteiger partial charge in [0.25, 0.3) is 5.89 Å². The van der Waals surface area contributed by atoms with Crippen LogP contribution in [-0.4, -0.2) is 38.9 Å². The van der Waals surface area contributed by atoms with E-state index in [1.54, 1.807) is 12.1 Å². The molecule has 1 aliphatic rings. The van der Waals surface area contributed by atoms with Crippen LogP contribution in [0.5, 0.6) is 11.5 Å². The molecule has 2 aromatic heterocycles. The molecule has 2 aromatic carbocycles. The molecule has 0 bridgehead atoms. The Labute approximate surface area is 205 Å². The number of benzene rings is 2. The number of hydrogen-bond donors (Lipinski definition) is 2. The van der Waals surface area contributed by atoms with Crippen molar-refractivity contribution >= 4 is 29.2 Å². The number of nitrogen functional groups attached to an aromatic ring is 1. The van der Waals surface area contributed by atoms with Crippen molar-refractivity contribution in [1.82, 2.24) is 19.9 Å². The molecule has 0 fully saturated rings. The summed E-state index contributed by atoms with van der Waals surface area (Å²) in [5.74, 6) is 2.32. The zero-order valence-corrected chi connectivity index (χ0v) is 20.3. The minimum Gasteiger partial charge on any atom is -0.454 e. The first-order valence-corrected chi connectivity index (χ1v) is 12.2. The molecule has 1 aliphatic heterocycles. The van der Waals surface area contributed by atoms with Crippen molar-refractivity contribution in [2.75, 3.05) is 24.1 Å². The lowest BCUT2D eigenvalue weighted by atomic mass is 10.0. The molecular formula is C24H24N6O4S. The molecule has 0 radical (unpaired) electrons. The summed E-state index contributed by atoms with van der Waals surface area (Å²) in [5, 5.41) is 12.0.